The number of hydrogen-bond donors (Lipinski definition) is 4. The minimum Gasteiger partial charge on any atom is -0.481 e. The maximum atomic E-state index is 13.6. The van der Waals surface area contributed by atoms with Crippen molar-refractivity contribution in [1.29, 1.82) is 0 Å². The molecular weight excluding hydrogens is 995 g/mol. The van der Waals surface area contributed by atoms with Gasteiger partial charge >= 0.3 is 5.97 Å². The number of fused-ring (bicyclic) bond motifs is 2. The minimum atomic E-state index is -0.676. The summed E-state index contributed by atoms with van der Waals surface area (Å²) in [5.41, 5.74) is 3.21. The molecule has 13 nitrogen and oxygen atoms in total. The third kappa shape index (κ3) is 11.1. The summed E-state index contributed by atoms with van der Waals surface area (Å²) >= 11 is 12.8. The SMILES string of the molecule is Cl.O=C(N1CCC(N2CCN(c3cc(Cl)c4c(=O)[nH]ccc4c3)CC2)CC1)C1(c2ccccc2)CCC1.O=C(O)C1(c2ccccc2)CCC1.O=c1[nH]ccc2cc(N3CCN(C4CCNCC4)CC3)cc(Cl)c12. The first kappa shape index (κ1) is 53.4. The number of nitrogens with one attached hydrogen (secondary N) is 3. The molecule has 0 radical (unpaired) electrons. The second kappa shape index (κ2) is 23.6. The summed E-state index contributed by atoms with van der Waals surface area (Å²) in [5, 5.41) is 16.5. The molecule has 1 amide bonds. The van der Waals surface area contributed by atoms with Gasteiger partial charge in [-0.3, -0.25) is 29.0 Å². The van der Waals surface area contributed by atoms with Crippen molar-refractivity contribution in [2.24, 2.45) is 0 Å². The largest absolute Gasteiger partial charge is 0.481 e. The fraction of sp³-hybridized carbons (Fsp3) is 0.448. The minimum absolute atomic E-state index is 0. The van der Waals surface area contributed by atoms with E-state index in [2.05, 4.69) is 76.2 Å². The van der Waals surface area contributed by atoms with E-state index in [0.717, 1.165) is 164 Å². The van der Waals surface area contributed by atoms with Crippen LogP contribution in [0.3, 0.4) is 0 Å². The number of anilines is 2. The molecule has 392 valence electrons. The van der Waals surface area contributed by atoms with E-state index in [1.807, 2.05) is 60.7 Å². The highest BCUT2D eigenvalue weighted by molar-refractivity contribution is 6.36. The Morgan fingerprint density at radius 2 is 0.959 bits per heavy atom. The smallest absolute Gasteiger partial charge is 0.314 e. The second-order valence-corrected chi connectivity index (χ2v) is 21.7. The number of aliphatic carboxylic acids is 1. The van der Waals surface area contributed by atoms with Crippen molar-refractivity contribution in [1.82, 2.24) is 30.0 Å². The van der Waals surface area contributed by atoms with Crippen molar-refractivity contribution >= 4 is 80.4 Å². The Labute approximate surface area is 449 Å². The van der Waals surface area contributed by atoms with Crippen molar-refractivity contribution in [3.8, 4) is 0 Å². The van der Waals surface area contributed by atoms with Crippen LogP contribution < -0.4 is 26.2 Å². The Balaban J connectivity index is 0.000000152. The molecule has 6 aliphatic rings. The maximum Gasteiger partial charge on any atom is 0.314 e. The average molecular weight is 1060 g/mol. The molecule has 2 aliphatic carbocycles. The van der Waals surface area contributed by atoms with Crippen LogP contribution in [0.25, 0.3) is 21.5 Å². The maximum absolute atomic E-state index is 13.6. The summed E-state index contributed by atoms with van der Waals surface area (Å²) in [6.45, 7) is 12.0. The molecule has 74 heavy (non-hydrogen) atoms. The van der Waals surface area contributed by atoms with E-state index in [4.69, 9.17) is 28.3 Å². The highest BCUT2D eigenvalue weighted by Crippen LogP contribution is 2.46. The standard InChI is InChI=1S/C29H33ClN4O2.C18H23ClN4O.C11H12O2.ClH/c30-25-20-24(19-21-7-12-31-27(35)26(21)25)33-17-15-32(16-18-33)23-8-13-34(14-9-23)28(36)29(10-4-11-29)22-5-2-1-3-6-22;19-16-12-15(11-13-1-6-21-18(24)17(13)16)23-9-7-22(8-10-23)14-2-4-20-5-3-14;12-10(13)11(7-4-8-11)9-5-2-1-3-6-9;/h1-3,5-7,12,19-20,23H,4,8-11,13-18H2,(H,31,35);1,6,11-12,14,20H,2-5,7-10H2,(H,21,24);1-3,5-6H,4,7-8H2,(H,12,13);1H. The monoisotopic (exact) mass is 1060 g/mol. The second-order valence-electron chi connectivity index (χ2n) is 20.9. The summed E-state index contributed by atoms with van der Waals surface area (Å²) < 4.78 is 0. The van der Waals surface area contributed by atoms with Crippen molar-refractivity contribution in [3.63, 3.8) is 0 Å². The van der Waals surface area contributed by atoms with Crippen LogP contribution in [0.5, 0.6) is 0 Å². The number of rotatable bonds is 8. The number of nitrogens with zero attached hydrogens (tertiary/aromatic N) is 5. The number of pyridine rings is 2. The van der Waals surface area contributed by atoms with Crippen LogP contribution in [0.4, 0.5) is 11.4 Å². The van der Waals surface area contributed by atoms with Gasteiger partial charge in [0.15, 0.2) is 0 Å². The molecule has 0 atom stereocenters. The summed E-state index contributed by atoms with van der Waals surface area (Å²) in [7, 11) is 0. The fourth-order valence-electron chi connectivity index (χ4n) is 12.3. The number of benzene rings is 4. The number of carboxylic acid groups (broad SMARTS) is 1. The van der Waals surface area contributed by atoms with Crippen LogP contribution >= 0.6 is 35.6 Å². The number of aromatic nitrogens is 2. The molecule has 2 aromatic heterocycles. The number of carbonyl (C=O) groups excluding carboxylic acids is 1. The number of likely N-dealkylation sites (tertiary alicyclic amines) is 1. The van der Waals surface area contributed by atoms with Crippen LogP contribution in [-0.2, 0) is 20.4 Å². The summed E-state index contributed by atoms with van der Waals surface area (Å²) in [6.07, 6.45) is 13.6. The van der Waals surface area contributed by atoms with Crippen LogP contribution in [0.1, 0.15) is 75.3 Å². The number of piperazine rings is 2. The van der Waals surface area contributed by atoms with E-state index in [1.165, 1.54) is 18.4 Å². The number of piperidine rings is 2. The lowest BCUT2D eigenvalue weighted by Gasteiger charge is -2.47. The zero-order valence-corrected chi connectivity index (χ0v) is 44.4. The van der Waals surface area contributed by atoms with Gasteiger partial charge in [-0.1, -0.05) is 96.7 Å². The van der Waals surface area contributed by atoms with E-state index < -0.39 is 11.4 Å². The summed E-state index contributed by atoms with van der Waals surface area (Å²) in [5.74, 6) is -0.333. The summed E-state index contributed by atoms with van der Waals surface area (Å²) in [4.78, 5) is 66.3. The van der Waals surface area contributed by atoms with Gasteiger partial charge in [-0.05, 0) is 123 Å². The van der Waals surface area contributed by atoms with Gasteiger partial charge in [0, 0.05) is 101 Å². The van der Waals surface area contributed by atoms with E-state index in [9.17, 15) is 19.2 Å². The van der Waals surface area contributed by atoms with Crippen molar-refractivity contribution in [2.45, 2.75) is 87.1 Å². The molecule has 6 aromatic rings. The first-order valence-electron chi connectivity index (χ1n) is 26.5. The number of H-pyrrole nitrogens is 2. The first-order chi connectivity index (χ1) is 35.5. The molecule has 6 heterocycles. The zero-order valence-electron chi connectivity index (χ0n) is 42.1. The molecule has 0 bridgehead atoms. The molecule has 4 N–H and O–H groups in total. The lowest BCUT2D eigenvalue weighted by Crippen LogP contribution is -2.57. The molecule has 2 saturated carbocycles. The third-order valence-electron chi connectivity index (χ3n) is 17.0. The van der Waals surface area contributed by atoms with Gasteiger partial charge < -0.3 is 35.1 Å². The number of halogens is 3. The highest BCUT2D eigenvalue weighted by atomic mass is 35.5. The van der Waals surface area contributed by atoms with Crippen LogP contribution in [0, 0.1) is 0 Å². The van der Waals surface area contributed by atoms with Crippen molar-refractivity contribution < 1.29 is 14.7 Å². The van der Waals surface area contributed by atoms with Gasteiger partial charge in [-0.2, -0.15) is 0 Å². The zero-order chi connectivity index (χ0) is 50.5. The molecule has 0 unspecified atom stereocenters. The molecule has 0 spiro atoms. The highest BCUT2D eigenvalue weighted by Gasteiger charge is 2.48. The number of amides is 1. The van der Waals surface area contributed by atoms with Crippen LogP contribution in [0.2, 0.25) is 10.0 Å². The quantitative estimate of drug-likeness (QED) is 0.116. The Hall–Kier alpha value is -5.41. The van der Waals surface area contributed by atoms with E-state index in [1.54, 1.807) is 12.4 Å². The average Bonchev–Trinajstić information content (AvgIpc) is 3.39. The number of hydrogen-bond acceptors (Lipinski definition) is 9. The molecule has 16 heteroatoms. The Morgan fingerprint density at radius 3 is 1.36 bits per heavy atom. The number of carbonyl (C=O) groups is 2. The van der Waals surface area contributed by atoms with E-state index >= 15 is 0 Å². The fourth-order valence-corrected chi connectivity index (χ4v) is 12.9. The van der Waals surface area contributed by atoms with Gasteiger partial charge in [0.1, 0.15) is 0 Å². The predicted octanol–water partition coefficient (Wildman–Crippen LogP) is 9.09. The molecule has 4 aliphatic heterocycles. The van der Waals surface area contributed by atoms with Crippen molar-refractivity contribution in [3.05, 3.63) is 151 Å². The van der Waals surface area contributed by atoms with Gasteiger partial charge in [-0.15, -0.1) is 12.4 Å². The Bertz CT molecular complexity index is 2990. The van der Waals surface area contributed by atoms with Gasteiger partial charge in [0.2, 0.25) is 5.91 Å². The van der Waals surface area contributed by atoms with Crippen LogP contribution in [-0.4, -0.2) is 132 Å². The molecule has 6 fully saturated rings. The Kier molecular flexibility index (Phi) is 17.1. The third-order valence-corrected chi connectivity index (χ3v) is 17.6. The van der Waals surface area contributed by atoms with Gasteiger partial charge in [0.25, 0.3) is 11.1 Å². The molecular formula is C58H69Cl3N8O5. The van der Waals surface area contributed by atoms with E-state index in [-0.39, 0.29) is 28.9 Å². The number of aromatic amines is 2. The number of carboxylic acids is 1. The lowest BCUT2D eigenvalue weighted by molar-refractivity contribution is -0.147. The van der Waals surface area contributed by atoms with E-state index in [0.29, 0.717) is 32.8 Å². The first-order valence-corrected chi connectivity index (χ1v) is 27.2. The Morgan fingerprint density at radius 1 is 0.541 bits per heavy atom. The normalized spacial score (nSPS) is 20.2. The predicted molar refractivity (Wildman–Crippen MR) is 301 cm³/mol. The van der Waals surface area contributed by atoms with Gasteiger partial charge in [-0.25, -0.2) is 0 Å². The summed E-state index contributed by atoms with van der Waals surface area (Å²) in [6, 6.07) is 33.0. The van der Waals surface area contributed by atoms with Crippen LogP contribution in [0.15, 0.2) is 119 Å². The molecule has 4 aromatic carbocycles. The molecule has 4 saturated heterocycles. The van der Waals surface area contributed by atoms with Crippen molar-refractivity contribution in [2.75, 3.05) is 88.3 Å². The van der Waals surface area contributed by atoms with Gasteiger partial charge in [0.05, 0.1) is 31.6 Å². The topological polar surface area (TPSA) is 148 Å². The lowest BCUT2D eigenvalue weighted by atomic mass is 9.63. The molecule has 12 rings (SSSR count).